The molecule has 1 N–H and O–H groups in total. The van der Waals surface area contributed by atoms with Gasteiger partial charge in [0.2, 0.25) is 10.0 Å². The van der Waals surface area contributed by atoms with Gasteiger partial charge in [-0.1, -0.05) is 71.3 Å². The van der Waals surface area contributed by atoms with Crippen LogP contribution in [-0.2, 0) is 10.0 Å². The molecule has 2 aromatic carbocycles. The summed E-state index contributed by atoms with van der Waals surface area (Å²) in [4.78, 5) is 0.343. The van der Waals surface area contributed by atoms with E-state index in [4.69, 9.17) is 0 Å². The van der Waals surface area contributed by atoms with Crippen LogP contribution in [-0.4, -0.2) is 30.9 Å². The van der Waals surface area contributed by atoms with Gasteiger partial charge in [-0.15, -0.1) is 0 Å². The summed E-state index contributed by atoms with van der Waals surface area (Å²) in [6, 6.07) is 16.6. The molecule has 0 unspecified atom stereocenters. The van der Waals surface area contributed by atoms with Crippen molar-refractivity contribution in [1.82, 2.24) is 4.31 Å². The van der Waals surface area contributed by atoms with Gasteiger partial charge in [-0.25, -0.2) is 8.42 Å². The Balaban J connectivity index is 1.76. The number of aryl methyl sites for hydroxylation is 1. The number of sulfonamides is 1. The van der Waals surface area contributed by atoms with E-state index in [-0.39, 0.29) is 5.92 Å². The van der Waals surface area contributed by atoms with Crippen LogP contribution in [0.25, 0.3) is 0 Å². The van der Waals surface area contributed by atoms with Gasteiger partial charge in [0.1, 0.15) is 0 Å². The Morgan fingerprint density at radius 2 is 1.80 bits per heavy atom. The second kappa shape index (κ2) is 9.73. The van der Waals surface area contributed by atoms with E-state index in [2.05, 4.69) is 19.9 Å². The van der Waals surface area contributed by atoms with E-state index in [1.807, 2.05) is 55.5 Å². The molecule has 0 saturated carbocycles. The Hall–Kier alpha value is -2.21. The molecule has 0 aromatic heterocycles. The summed E-state index contributed by atoms with van der Waals surface area (Å²) >= 11 is 0. The molecule has 5 heteroatoms. The monoisotopic (exact) mass is 425 g/mol. The molecular formula is C25H31NO3S. The summed E-state index contributed by atoms with van der Waals surface area (Å²) in [5, 5.41) is 10.4. The zero-order chi connectivity index (χ0) is 21.7. The summed E-state index contributed by atoms with van der Waals surface area (Å²) in [5.41, 5.74) is 4.45. The minimum atomic E-state index is -3.52. The molecule has 0 aliphatic carbocycles. The first-order chi connectivity index (χ1) is 14.3. The minimum absolute atomic E-state index is 0.0203. The highest BCUT2D eigenvalue weighted by Gasteiger charge is 2.31. The van der Waals surface area contributed by atoms with E-state index < -0.39 is 16.1 Å². The number of piperidine rings is 1. The predicted molar refractivity (Wildman–Crippen MR) is 122 cm³/mol. The van der Waals surface area contributed by atoms with Crippen LogP contribution in [0.2, 0.25) is 0 Å². The quantitative estimate of drug-likeness (QED) is 0.661. The van der Waals surface area contributed by atoms with Crippen LogP contribution in [0.1, 0.15) is 43.9 Å². The number of benzene rings is 2. The normalized spacial score (nSPS) is 19.2. The Bertz CT molecular complexity index is 1000. The fraction of sp³-hybridized carbons (Fsp3) is 0.360. The molecule has 30 heavy (non-hydrogen) atoms. The average Bonchev–Trinajstić information content (AvgIpc) is 2.74. The Kier molecular flexibility index (Phi) is 7.29. The number of hydrogen-bond acceptors (Lipinski definition) is 3. The van der Waals surface area contributed by atoms with Crippen LogP contribution in [0, 0.1) is 12.8 Å². The second-order valence-electron chi connectivity index (χ2n) is 8.15. The predicted octanol–water partition coefficient (Wildman–Crippen LogP) is 5.02. The fourth-order valence-electron chi connectivity index (χ4n) is 3.91. The molecule has 1 heterocycles. The molecule has 3 rings (SSSR count). The van der Waals surface area contributed by atoms with Gasteiger partial charge in [-0.05, 0) is 51.3 Å². The first-order valence-electron chi connectivity index (χ1n) is 10.4. The van der Waals surface area contributed by atoms with E-state index in [1.54, 1.807) is 16.4 Å². The first-order valence-corrected chi connectivity index (χ1v) is 11.9. The van der Waals surface area contributed by atoms with Crippen molar-refractivity contribution in [3.63, 3.8) is 0 Å². The molecule has 0 spiro atoms. The zero-order valence-corrected chi connectivity index (χ0v) is 18.8. The maximum Gasteiger partial charge on any atom is 0.243 e. The van der Waals surface area contributed by atoms with Gasteiger partial charge < -0.3 is 5.11 Å². The Morgan fingerprint density at radius 3 is 2.43 bits per heavy atom. The molecule has 160 valence electrons. The lowest BCUT2D eigenvalue weighted by atomic mass is 9.89. The van der Waals surface area contributed by atoms with Crippen molar-refractivity contribution in [2.75, 3.05) is 13.1 Å². The number of nitrogens with zero attached hydrogens (tertiary/aromatic N) is 1. The standard InChI is InChI=1S/C25H31NO3S/c1-19(2)24-16-17-26(30(28,29)23-14-12-20(3)13-15-23)18-22(24)10-7-11-25(27)21-8-5-4-6-9-21/h4-10,12-15,22,25,27H,11,16-18H2,1-3H3/b10-7+/t22-,25+/m0/s1. The second-order valence-corrected chi connectivity index (χ2v) is 10.1. The molecule has 1 aliphatic rings. The molecule has 1 aliphatic heterocycles. The van der Waals surface area contributed by atoms with Crippen LogP contribution in [0.3, 0.4) is 0 Å². The van der Waals surface area contributed by atoms with E-state index in [9.17, 15) is 13.5 Å². The molecule has 1 fully saturated rings. The maximum absolute atomic E-state index is 13.1. The number of hydrogen-bond donors (Lipinski definition) is 1. The lowest BCUT2D eigenvalue weighted by Crippen LogP contribution is -2.40. The summed E-state index contributed by atoms with van der Waals surface area (Å²) in [6.45, 7) is 7.03. The van der Waals surface area contributed by atoms with Crippen LogP contribution in [0.5, 0.6) is 0 Å². The largest absolute Gasteiger partial charge is 0.388 e. The highest BCUT2D eigenvalue weighted by molar-refractivity contribution is 7.89. The van der Waals surface area contributed by atoms with Crippen molar-refractivity contribution in [3.8, 4) is 0 Å². The molecule has 0 bridgehead atoms. The maximum atomic E-state index is 13.1. The van der Waals surface area contributed by atoms with Gasteiger partial charge >= 0.3 is 0 Å². The third-order valence-electron chi connectivity index (χ3n) is 5.69. The van der Waals surface area contributed by atoms with Gasteiger partial charge in [0.15, 0.2) is 0 Å². The Labute approximate surface area is 180 Å². The van der Waals surface area contributed by atoms with Gasteiger partial charge in [0.25, 0.3) is 0 Å². The summed E-state index contributed by atoms with van der Waals surface area (Å²) in [6.07, 6.45) is 4.71. The van der Waals surface area contributed by atoms with Gasteiger partial charge in [0.05, 0.1) is 11.0 Å². The van der Waals surface area contributed by atoms with Crippen molar-refractivity contribution < 1.29 is 13.5 Å². The zero-order valence-electron chi connectivity index (χ0n) is 18.0. The average molecular weight is 426 g/mol. The molecular weight excluding hydrogens is 394 g/mol. The minimum Gasteiger partial charge on any atom is -0.388 e. The molecule has 4 nitrogen and oxygen atoms in total. The lowest BCUT2D eigenvalue weighted by Gasteiger charge is -2.33. The number of aliphatic hydroxyl groups excluding tert-OH is 1. The van der Waals surface area contributed by atoms with E-state index >= 15 is 0 Å². The van der Waals surface area contributed by atoms with Gasteiger partial charge in [0, 0.05) is 19.0 Å². The Morgan fingerprint density at radius 1 is 1.13 bits per heavy atom. The number of allylic oxidation sites excluding steroid dienone is 1. The molecule has 1 saturated heterocycles. The van der Waals surface area contributed by atoms with Crippen molar-refractivity contribution in [2.45, 2.75) is 44.6 Å². The number of aliphatic hydroxyl groups is 1. The van der Waals surface area contributed by atoms with Crippen molar-refractivity contribution >= 4 is 10.0 Å². The SMILES string of the molecule is CC(C)=C1CCN(S(=O)(=O)c2ccc(C)cc2)C[C@@H]1/C=C/C[C@@H](O)c1ccccc1. The van der Waals surface area contributed by atoms with E-state index in [0.717, 1.165) is 17.5 Å². The van der Waals surface area contributed by atoms with Crippen molar-refractivity contribution in [3.05, 3.63) is 89.0 Å². The molecule has 2 atom stereocenters. The fourth-order valence-corrected chi connectivity index (χ4v) is 5.38. The van der Waals surface area contributed by atoms with Gasteiger partial charge in [-0.3, -0.25) is 0 Å². The lowest BCUT2D eigenvalue weighted by molar-refractivity contribution is 0.181. The number of rotatable bonds is 6. The molecule has 0 radical (unpaired) electrons. The molecule has 2 aromatic rings. The molecule has 0 amide bonds. The van der Waals surface area contributed by atoms with Crippen molar-refractivity contribution in [1.29, 1.82) is 0 Å². The summed E-state index contributed by atoms with van der Waals surface area (Å²) < 4.78 is 27.9. The smallest absolute Gasteiger partial charge is 0.243 e. The van der Waals surface area contributed by atoms with Crippen LogP contribution >= 0.6 is 0 Å². The first kappa shape index (κ1) is 22.5. The van der Waals surface area contributed by atoms with Crippen LogP contribution in [0.4, 0.5) is 0 Å². The van der Waals surface area contributed by atoms with E-state index in [0.29, 0.717) is 24.4 Å². The van der Waals surface area contributed by atoms with Crippen LogP contribution in [0.15, 0.2) is 82.8 Å². The van der Waals surface area contributed by atoms with Crippen LogP contribution < -0.4 is 0 Å². The highest BCUT2D eigenvalue weighted by Crippen LogP contribution is 2.31. The van der Waals surface area contributed by atoms with Crippen molar-refractivity contribution in [2.24, 2.45) is 5.92 Å². The van der Waals surface area contributed by atoms with E-state index in [1.165, 1.54) is 11.1 Å². The summed E-state index contributed by atoms with van der Waals surface area (Å²) in [7, 11) is -3.52. The third kappa shape index (κ3) is 5.28. The third-order valence-corrected chi connectivity index (χ3v) is 7.57. The highest BCUT2D eigenvalue weighted by atomic mass is 32.2. The summed E-state index contributed by atoms with van der Waals surface area (Å²) in [5.74, 6) is 0.0203. The van der Waals surface area contributed by atoms with Gasteiger partial charge in [-0.2, -0.15) is 4.31 Å². The topological polar surface area (TPSA) is 57.6 Å².